The van der Waals surface area contributed by atoms with Crippen LogP contribution in [0.15, 0.2) is 0 Å². The Morgan fingerprint density at radius 3 is 1.30 bits per heavy atom. The standard InChI is InChI=1S/C40H79NO9/c1-3-5-7-9-13-19-25-34(44)27-21-15-11-12-16-24-30-37(47)41-40(31-42,32-43)33-50-39(49)38(48)36(46)29-23-18-17-22-28-35(45)26-20-14-10-8-6-4-2/h34-36,38,42-46,48H,3-33H2,1-2H3,(H,41,47). The Morgan fingerprint density at radius 1 is 0.540 bits per heavy atom. The molecule has 0 aromatic heterocycles. The van der Waals surface area contributed by atoms with Crippen LogP contribution in [0.4, 0.5) is 0 Å². The van der Waals surface area contributed by atoms with Gasteiger partial charge in [0.05, 0.1) is 31.5 Å². The van der Waals surface area contributed by atoms with Gasteiger partial charge in [0.1, 0.15) is 12.1 Å². The van der Waals surface area contributed by atoms with Crippen LogP contribution in [0, 0.1) is 0 Å². The number of hydrogen-bond donors (Lipinski definition) is 7. The number of ether oxygens (including phenoxy) is 1. The molecule has 0 fully saturated rings. The first-order valence-corrected chi connectivity index (χ1v) is 20.6. The molecule has 0 aromatic carbocycles. The predicted octanol–water partition coefficient (Wildman–Crippen LogP) is 6.78. The van der Waals surface area contributed by atoms with Gasteiger partial charge in [-0.3, -0.25) is 4.79 Å². The van der Waals surface area contributed by atoms with Crippen molar-refractivity contribution in [1.29, 1.82) is 0 Å². The lowest BCUT2D eigenvalue weighted by molar-refractivity contribution is -0.164. The van der Waals surface area contributed by atoms with Crippen LogP contribution in [0.25, 0.3) is 0 Å². The summed E-state index contributed by atoms with van der Waals surface area (Å²) in [4.78, 5) is 25.0. The molecule has 7 N–H and O–H groups in total. The SMILES string of the molecule is CCCCCCCCC(O)CCCCCCCCC(=O)NC(CO)(CO)COC(=O)C(O)C(O)CCCCCCC(O)CCCCCCCC. The summed E-state index contributed by atoms with van der Waals surface area (Å²) in [6.07, 6.45) is 23.5. The Labute approximate surface area is 305 Å². The monoisotopic (exact) mass is 718 g/mol. The maximum atomic E-state index is 12.5. The van der Waals surface area contributed by atoms with E-state index in [9.17, 15) is 40.2 Å². The summed E-state index contributed by atoms with van der Waals surface area (Å²) in [7, 11) is 0. The molecule has 0 aliphatic carbocycles. The molecule has 0 spiro atoms. The quantitative estimate of drug-likeness (QED) is 0.0270. The van der Waals surface area contributed by atoms with Crippen molar-refractivity contribution in [2.45, 2.75) is 224 Å². The van der Waals surface area contributed by atoms with Crippen LogP contribution in [-0.4, -0.2) is 92.3 Å². The van der Waals surface area contributed by atoms with E-state index in [2.05, 4.69) is 19.2 Å². The van der Waals surface area contributed by atoms with Crippen LogP contribution in [0.1, 0.15) is 194 Å². The normalized spacial score (nSPS) is 14.3. The number of aliphatic hydroxyl groups is 6. The largest absolute Gasteiger partial charge is 0.461 e. The fourth-order valence-electron chi connectivity index (χ4n) is 6.29. The first-order valence-electron chi connectivity index (χ1n) is 20.6. The molecule has 4 atom stereocenters. The average Bonchev–Trinajstić information content (AvgIpc) is 3.11. The molecule has 4 unspecified atom stereocenters. The maximum Gasteiger partial charge on any atom is 0.337 e. The molecule has 0 saturated heterocycles. The number of nitrogens with one attached hydrogen (secondary N) is 1. The number of carbonyl (C=O) groups excluding carboxylic acids is 2. The Balaban J connectivity index is 4.10. The van der Waals surface area contributed by atoms with E-state index in [0.29, 0.717) is 12.8 Å². The van der Waals surface area contributed by atoms with Crippen molar-refractivity contribution in [3.63, 3.8) is 0 Å². The van der Waals surface area contributed by atoms with Crippen LogP contribution < -0.4 is 5.32 Å². The number of aliphatic hydroxyl groups excluding tert-OH is 6. The van der Waals surface area contributed by atoms with Gasteiger partial charge in [0.25, 0.3) is 0 Å². The van der Waals surface area contributed by atoms with E-state index in [1.165, 1.54) is 64.2 Å². The van der Waals surface area contributed by atoms with Gasteiger partial charge in [-0.05, 0) is 38.5 Å². The lowest BCUT2D eigenvalue weighted by atomic mass is 10.0. The summed E-state index contributed by atoms with van der Waals surface area (Å²) in [5.41, 5.74) is -1.59. The Morgan fingerprint density at radius 2 is 0.900 bits per heavy atom. The minimum absolute atomic E-state index is 0.200. The molecule has 0 rings (SSSR count). The molecular formula is C40H79NO9. The average molecular weight is 718 g/mol. The second kappa shape index (κ2) is 33.5. The molecule has 50 heavy (non-hydrogen) atoms. The lowest BCUT2D eigenvalue weighted by Crippen LogP contribution is -2.58. The summed E-state index contributed by atoms with van der Waals surface area (Å²) >= 11 is 0. The summed E-state index contributed by atoms with van der Waals surface area (Å²) in [5.74, 6) is -1.46. The molecule has 10 nitrogen and oxygen atoms in total. The van der Waals surface area contributed by atoms with Crippen LogP contribution >= 0.6 is 0 Å². The van der Waals surface area contributed by atoms with E-state index in [1.807, 2.05) is 0 Å². The number of hydrogen-bond acceptors (Lipinski definition) is 9. The van der Waals surface area contributed by atoms with Gasteiger partial charge >= 0.3 is 5.97 Å². The highest BCUT2D eigenvalue weighted by Gasteiger charge is 2.34. The summed E-state index contributed by atoms with van der Waals surface area (Å²) in [5, 5.41) is 63.3. The van der Waals surface area contributed by atoms with Gasteiger partial charge in [-0.1, -0.05) is 149 Å². The third-order valence-corrected chi connectivity index (χ3v) is 9.87. The summed E-state index contributed by atoms with van der Waals surface area (Å²) < 4.78 is 5.11. The highest BCUT2D eigenvalue weighted by atomic mass is 16.6. The third kappa shape index (κ3) is 27.4. The topological polar surface area (TPSA) is 177 Å². The Kier molecular flexibility index (Phi) is 32.7. The predicted molar refractivity (Wildman–Crippen MR) is 201 cm³/mol. The van der Waals surface area contributed by atoms with Gasteiger partial charge in [0.15, 0.2) is 6.10 Å². The van der Waals surface area contributed by atoms with E-state index in [0.717, 1.165) is 89.9 Å². The minimum atomic E-state index is -1.77. The molecule has 0 aromatic rings. The maximum absolute atomic E-state index is 12.5. The van der Waals surface area contributed by atoms with E-state index in [4.69, 9.17) is 4.74 Å². The van der Waals surface area contributed by atoms with E-state index in [-0.39, 0.29) is 31.0 Å². The van der Waals surface area contributed by atoms with Crippen LogP contribution in [0.5, 0.6) is 0 Å². The van der Waals surface area contributed by atoms with Gasteiger partial charge in [-0.2, -0.15) is 0 Å². The van der Waals surface area contributed by atoms with Crippen LogP contribution in [0.3, 0.4) is 0 Å². The number of unbranched alkanes of at least 4 members (excludes halogenated alkanes) is 18. The third-order valence-electron chi connectivity index (χ3n) is 9.87. The van der Waals surface area contributed by atoms with Crippen molar-refractivity contribution in [2.75, 3.05) is 19.8 Å². The number of carbonyl (C=O) groups is 2. The van der Waals surface area contributed by atoms with Gasteiger partial charge in [-0.15, -0.1) is 0 Å². The molecule has 0 aliphatic rings. The van der Waals surface area contributed by atoms with E-state index in [1.54, 1.807) is 0 Å². The summed E-state index contributed by atoms with van der Waals surface area (Å²) in [6, 6.07) is 0. The molecule has 0 bridgehead atoms. The number of rotatable bonds is 37. The molecule has 10 heteroatoms. The second-order valence-electron chi connectivity index (χ2n) is 14.8. The van der Waals surface area contributed by atoms with Crippen molar-refractivity contribution in [2.24, 2.45) is 0 Å². The highest BCUT2D eigenvalue weighted by molar-refractivity contribution is 5.77. The van der Waals surface area contributed by atoms with E-state index >= 15 is 0 Å². The zero-order valence-corrected chi connectivity index (χ0v) is 32.1. The number of amides is 1. The molecule has 0 saturated carbocycles. The van der Waals surface area contributed by atoms with Crippen LogP contribution in [-0.2, 0) is 14.3 Å². The van der Waals surface area contributed by atoms with Gasteiger partial charge in [0.2, 0.25) is 5.91 Å². The molecule has 0 heterocycles. The van der Waals surface area contributed by atoms with Crippen molar-refractivity contribution in [1.82, 2.24) is 5.32 Å². The zero-order valence-electron chi connectivity index (χ0n) is 32.1. The Bertz CT molecular complexity index is 780. The number of esters is 1. The molecule has 0 aliphatic heterocycles. The molecular weight excluding hydrogens is 638 g/mol. The van der Waals surface area contributed by atoms with Crippen molar-refractivity contribution < 1.29 is 45.0 Å². The fourth-order valence-corrected chi connectivity index (χ4v) is 6.29. The van der Waals surface area contributed by atoms with Gasteiger partial charge in [0, 0.05) is 6.42 Å². The van der Waals surface area contributed by atoms with E-state index < -0.39 is 43.5 Å². The van der Waals surface area contributed by atoms with Crippen molar-refractivity contribution >= 4 is 11.9 Å². The van der Waals surface area contributed by atoms with Gasteiger partial charge < -0.3 is 40.7 Å². The highest BCUT2D eigenvalue weighted by Crippen LogP contribution is 2.17. The smallest absolute Gasteiger partial charge is 0.337 e. The van der Waals surface area contributed by atoms with Crippen molar-refractivity contribution in [3.05, 3.63) is 0 Å². The lowest BCUT2D eigenvalue weighted by Gasteiger charge is -2.31. The van der Waals surface area contributed by atoms with Gasteiger partial charge in [-0.25, -0.2) is 4.79 Å². The Hall–Kier alpha value is -1.30. The first kappa shape index (κ1) is 48.7. The minimum Gasteiger partial charge on any atom is -0.461 e. The zero-order chi connectivity index (χ0) is 37.3. The molecule has 298 valence electrons. The summed E-state index contributed by atoms with van der Waals surface area (Å²) in [6.45, 7) is 2.54. The van der Waals surface area contributed by atoms with Crippen molar-refractivity contribution in [3.8, 4) is 0 Å². The molecule has 0 radical (unpaired) electrons. The molecule has 1 amide bonds. The first-order chi connectivity index (χ1) is 24.1. The second-order valence-corrected chi connectivity index (χ2v) is 14.8. The van der Waals surface area contributed by atoms with Crippen LogP contribution in [0.2, 0.25) is 0 Å². The fraction of sp³-hybridized carbons (Fsp3) is 0.950.